The Hall–Kier alpha value is -2.62. The van der Waals surface area contributed by atoms with E-state index in [1.54, 1.807) is 19.1 Å². The Kier molecular flexibility index (Phi) is 3.44. The summed E-state index contributed by atoms with van der Waals surface area (Å²) in [6.45, 7) is 0.159. The molecule has 2 aromatic rings. The smallest absolute Gasteiger partial charge is 0.248 e. The minimum Gasteiger partial charge on any atom is -0.497 e. The molecule has 1 aliphatic rings. The summed E-state index contributed by atoms with van der Waals surface area (Å²) in [4.78, 5) is 18.2. The van der Waals surface area contributed by atoms with Gasteiger partial charge in [-0.2, -0.15) is 0 Å². The van der Waals surface area contributed by atoms with E-state index in [1.165, 1.54) is 0 Å². The number of benzodiazepines with no additional fused rings is 1. The highest BCUT2D eigenvalue weighted by Gasteiger charge is 2.21. The molecule has 0 bridgehead atoms. The van der Waals surface area contributed by atoms with Crippen molar-refractivity contribution < 1.29 is 9.53 Å². The molecule has 0 saturated heterocycles. The second kappa shape index (κ2) is 5.40. The number of benzene rings is 2. The van der Waals surface area contributed by atoms with Gasteiger partial charge in [0.05, 0.1) is 18.5 Å². The molecule has 1 amide bonds. The van der Waals surface area contributed by atoms with E-state index in [9.17, 15) is 4.79 Å². The first-order chi connectivity index (χ1) is 10.2. The number of methoxy groups -OCH3 is 1. The number of amides is 1. The van der Waals surface area contributed by atoms with Crippen molar-refractivity contribution in [1.82, 2.24) is 0 Å². The van der Waals surface area contributed by atoms with Crippen LogP contribution >= 0.6 is 0 Å². The molecule has 1 aliphatic heterocycles. The van der Waals surface area contributed by atoms with Gasteiger partial charge in [0.2, 0.25) is 5.91 Å². The van der Waals surface area contributed by atoms with E-state index in [1.807, 2.05) is 48.5 Å². The number of nitrogens with zero attached hydrogens (tertiary/aromatic N) is 2. The first kappa shape index (κ1) is 13.4. The standard InChI is InChI=1S/C17H16N2O2/c1-19-15-6-4-3-5-14(15)17(18-11-16(19)20)12-7-9-13(21-2)10-8-12/h3-10H,11H2,1-2H3. The van der Waals surface area contributed by atoms with E-state index in [2.05, 4.69) is 4.99 Å². The number of likely N-dealkylation sites (N-methyl/N-ethyl adjacent to an activating group) is 1. The highest BCUT2D eigenvalue weighted by molar-refractivity contribution is 6.19. The molecule has 4 heteroatoms. The Morgan fingerprint density at radius 1 is 1.10 bits per heavy atom. The quantitative estimate of drug-likeness (QED) is 0.848. The summed E-state index contributed by atoms with van der Waals surface area (Å²) in [5.41, 5.74) is 3.67. The number of aliphatic imine (C=N–C) groups is 1. The van der Waals surface area contributed by atoms with Crippen LogP contribution in [0.1, 0.15) is 11.1 Å². The van der Waals surface area contributed by atoms with Crippen molar-refractivity contribution in [3.05, 3.63) is 59.7 Å². The van der Waals surface area contributed by atoms with Crippen LogP contribution < -0.4 is 9.64 Å². The van der Waals surface area contributed by atoms with Crippen LogP contribution in [-0.2, 0) is 4.79 Å². The van der Waals surface area contributed by atoms with Gasteiger partial charge in [-0.05, 0) is 30.3 Å². The SMILES string of the molecule is COc1ccc(C2=NCC(=O)N(C)c3ccccc32)cc1. The maximum atomic E-state index is 12.1. The van der Waals surface area contributed by atoms with Crippen LogP contribution in [0, 0.1) is 0 Å². The minimum atomic E-state index is -0.00837. The molecule has 1 heterocycles. The van der Waals surface area contributed by atoms with Gasteiger partial charge >= 0.3 is 0 Å². The number of carbonyl (C=O) groups excluding carboxylic acids is 1. The van der Waals surface area contributed by atoms with Crippen molar-refractivity contribution in [2.24, 2.45) is 4.99 Å². The zero-order valence-corrected chi connectivity index (χ0v) is 12.0. The largest absolute Gasteiger partial charge is 0.497 e. The second-order valence-electron chi connectivity index (χ2n) is 4.86. The fourth-order valence-electron chi connectivity index (χ4n) is 2.43. The maximum Gasteiger partial charge on any atom is 0.248 e. The number of hydrogen-bond donors (Lipinski definition) is 0. The zero-order chi connectivity index (χ0) is 14.8. The molecule has 4 nitrogen and oxygen atoms in total. The number of fused-ring (bicyclic) bond motifs is 1. The van der Waals surface area contributed by atoms with Gasteiger partial charge in [0.25, 0.3) is 0 Å². The lowest BCUT2D eigenvalue weighted by molar-refractivity contribution is -0.116. The molecule has 0 N–H and O–H groups in total. The summed E-state index contributed by atoms with van der Waals surface area (Å²) in [5.74, 6) is 0.792. The predicted octanol–water partition coefficient (Wildman–Crippen LogP) is 2.51. The summed E-state index contributed by atoms with van der Waals surface area (Å²) >= 11 is 0. The Morgan fingerprint density at radius 3 is 2.52 bits per heavy atom. The third-order valence-electron chi connectivity index (χ3n) is 3.63. The minimum absolute atomic E-state index is 0.00837. The molecule has 0 unspecified atom stereocenters. The van der Waals surface area contributed by atoms with E-state index in [0.29, 0.717) is 0 Å². The van der Waals surface area contributed by atoms with Gasteiger partial charge in [-0.3, -0.25) is 9.79 Å². The topological polar surface area (TPSA) is 41.9 Å². The molecular weight excluding hydrogens is 264 g/mol. The second-order valence-corrected chi connectivity index (χ2v) is 4.86. The summed E-state index contributed by atoms with van der Waals surface area (Å²) < 4.78 is 5.18. The summed E-state index contributed by atoms with van der Waals surface area (Å²) in [6.07, 6.45) is 0. The monoisotopic (exact) mass is 280 g/mol. The Morgan fingerprint density at radius 2 is 1.81 bits per heavy atom. The third kappa shape index (κ3) is 2.40. The van der Waals surface area contributed by atoms with E-state index in [0.717, 1.165) is 28.3 Å². The molecule has 3 rings (SSSR count). The van der Waals surface area contributed by atoms with Crippen LogP contribution in [0.4, 0.5) is 5.69 Å². The number of ether oxygens (including phenoxy) is 1. The van der Waals surface area contributed by atoms with Gasteiger partial charge in [0, 0.05) is 18.2 Å². The summed E-state index contributed by atoms with van der Waals surface area (Å²) in [7, 11) is 3.43. The number of rotatable bonds is 2. The number of carbonyl (C=O) groups is 1. The fraction of sp³-hybridized carbons (Fsp3) is 0.176. The summed E-state index contributed by atoms with van der Waals surface area (Å²) in [6, 6.07) is 15.6. The highest BCUT2D eigenvalue weighted by Crippen LogP contribution is 2.26. The Balaban J connectivity index is 2.12. The van der Waals surface area contributed by atoms with Gasteiger partial charge in [-0.1, -0.05) is 18.2 Å². The number of para-hydroxylation sites is 1. The third-order valence-corrected chi connectivity index (χ3v) is 3.63. The average molecular weight is 280 g/mol. The molecular formula is C17H16N2O2. The van der Waals surface area contributed by atoms with Crippen molar-refractivity contribution in [2.45, 2.75) is 0 Å². The van der Waals surface area contributed by atoms with Crippen molar-refractivity contribution in [3.8, 4) is 5.75 Å². The van der Waals surface area contributed by atoms with E-state index in [-0.39, 0.29) is 12.5 Å². The number of anilines is 1. The predicted molar refractivity (Wildman–Crippen MR) is 83.4 cm³/mol. The first-order valence-electron chi connectivity index (χ1n) is 6.75. The normalized spacial score (nSPS) is 14.3. The molecule has 0 aromatic heterocycles. The van der Waals surface area contributed by atoms with Crippen molar-refractivity contribution in [1.29, 1.82) is 0 Å². The summed E-state index contributed by atoms with van der Waals surface area (Å²) in [5, 5.41) is 0. The van der Waals surface area contributed by atoms with Gasteiger partial charge in [-0.25, -0.2) is 0 Å². The van der Waals surface area contributed by atoms with Gasteiger partial charge in [0.15, 0.2) is 0 Å². The van der Waals surface area contributed by atoms with Crippen LogP contribution in [0.2, 0.25) is 0 Å². The highest BCUT2D eigenvalue weighted by atomic mass is 16.5. The van der Waals surface area contributed by atoms with E-state index < -0.39 is 0 Å². The van der Waals surface area contributed by atoms with Crippen LogP contribution in [0.3, 0.4) is 0 Å². The fourth-order valence-corrected chi connectivity index (χ4v) is 2.43. The number of hydrogen-bond acceptors (Lipinski definition) is 3. The molecule has 21 heavy (non-hydrogen) atoms. The van der Waals surface area contributed by atoms with Crippen LogP contribution in [0.25, 0.3) is 0 Å². The van der Waals surface area contributed by atoms with Crippen LogP contribution in [0.5, 0.6) is 5.75 Å². The molecule has 2 aromatic carbocycles. The van der Waals surface area contributed by atoms with Crippen LogP contribution in [-0.4, -0.2) is 32.3 Å². The van der Waals surface area contributed by atoms with Crippen LogP contribution in [0.15, 0.2) is 53.5 Å². The van der Waals surface area contributed by atoms with Gasteiger partial charge in [0.1, 0.15) is 12.3 Å². The molecule has 0 aliphatic carbocycles. The maximum absolute atomic E-state index is 12.1. The lowest BCUT2D eigenvalue weighted by Gasteiger charge is -2.17. The molecule has 106 valence electrons. The van der Waals surface area contributed by atoms with Crippen molar-refractivity contribution in [3.63, 3.8) is 0 Å². The average Bonchev–Trinajstić information content (AvgIpc) is 2.66. The molecule has 0 spiro atoms. The van der Waals surface area contributed by atoms with E-state index in [4.69, 9.17) is 4.74 Å². The zero-order valence-electron chi connectivity index (χ0n) is 12.0. The van der Waals surface area contributed by atoms with E-state index >= 15 is 0 Å². The first-order valence-corrected chi connectivity index (χ1v) is 6.75. The molecule has 0 saturated carbocycles. The lowest BCUT2D eigenvalue weighted by Crippen LogP contribution is -2.27. The molecule has 0 fully saturated rings. The van der Waals surface area contributed by atoms with Gasteiger partial charge in [-0.15, -0.1) is 0 Å². The molecule has 0 atom stereocenters. The van der Waals surface area contributed by atoms with Gasteiger partial charge < -0.3 is 9.64 Å². The Labute approximate surface area is 123 Å². The Bertz CT molecular complexity index is 705. The molecule has 0 radical (unpaired) electrons. The van der Waals surface area contributed by atoms with Crippen molar-refractivity contribution >= 4 is 17.3 Å². The lowest BCUT2D eigenvalue weighted by atomic mass is 10.0. The van der Waals surface area contributed by atoms with Crippen molar-refractivity contribution in [2.75, 3.05) is 25.6 Å².